The Labute approximate surface area is 111 Å². The van der Waals surface area contributed by atoms with Gasteiger partial charge in [-0.3, -0.25) is 4.79 Å². The molecule has 0 unspecified atom stereocenters. The van der Waals surface area contributed by atoms with E-state index in [1.807, 2.05) is 42.5 Å². The van der Waals surface area contributed by atoms with Crippen LogP contribution in [0.2, 0.25) is 0 Å². The van der Waals surface area contributed by atoms with Gasteiger partial charge in [-0.15, -0.1) is 0 Å². The molecule has 19 heavy (non-hydrogen) atoms. The van der Waals surface area contributed by atoms with E-state index >= 15 is 0 Å². The molecule has 0 bridgehead atoms. The average Bonchev–Trinajstić information content (AvgIpc) is 2.95. The largest absolute Gasteiger partial charge is 0.387 e. The highest BCUT2D eigenvalue weighted by molar-refractivity contribution is 6.09. The van der Waals surface area contributed by atoms with E-state index in [-0.39, 0.29) is 5.78 Å². The highest BCUT2D eigenvalue weighted by atomic mass is 16.3. The summed E-state index contributed by atoms with van der Waals surface area (Å²) in [4.78, 5) is 12.8. The van der Waals surface area contributed by atoms with Gasteiger partial charge in [0, 0.05) is 5.56 Å². The van der Waals surface area contributed by atoms with Gasteiger partial charge in [-0.25, -0.2) is 0 Å². The van der Waals surface area contributed by atoms with E-state index in [1.54, 1.807) is 0 Å². The number of carbonyl (C=O) groups excluding carboxylic acids is 1. The third kappa shape index (κ3) is 1.17. The first-order valence-electron chi connectivity index (χ1n) is 6.65. The van der Waals surface area contributed by atoms with Crippen molar-refractivity contribution >= 4 is 5.78 Å². The second-order valence-electron chi connectivity index (χ2n) is 5.45. The van der Waals surface area contributed by atoms with Crippen LogP contribution in [0.5, 0.6) is 0 Å². The molecule has 2 atom stereocenters. The molecular weight excluding hydrogens is 236 g/mol. The Hall–Kier alpha value is -1.93. The molecule has 0 fully saturated rings. The lowest BCUT2D eigenvalue weighted by molar-refractivity contribution is 0.0639. The summed E-state index contributed by atoms with van der Waals surface area (Å²) in [6.07, 6.45) is 0.869. The zero-order valence-electron chi connectivity index (χ0n) is 10.5. The van der Waals surface area contributed by atoms with E-state index in [0.717, 1.165) is 17.5 Å². The van der Waals surface area contributed by atoms with Crippen molar-refractivity contribution in [3.05, 3.63) is 70.8 Å². The van der Waals surface area contributed by atoms with Gasteiger partial charge in [0.2, 0.25) is 0 Å². The number of carbonyl (C=O) groups is 1. The van der Waals surface area contributed by atoms with E-state index < -0.39 is 11.5 Å². The highest BCUT2D eigenvalue weighted by Crippen LogP contribution is 2.54. The van der Waals surface area contributed by atoms with Crippen molar-refractivity contribution in [3.63, 3.8) is 0 Å². The maximum Gasteiger partial charge on any atom is 0.176 e. The summed E-state index contributed by atoms with van der Waals surface area (Å²) >= 11 is 0. The number of hydrogen-bond donors (Lipinski definition) is 1. The molecule has 2 aliphatic rings. The van der Waals surface area contributed by atoms with E-state index in [1.165, 1.54) is 5.56 Å². The lowest BCUT2D eigenvalue weighted by Gasteiger charge is -2.27. The van der Waals surface area contributed by atoms with Crippen molar-refractivity contribution < 1.29 is 9.90 Å². The van der Waals surface area contributed by atoms with E-state index in [0.29, 0.717) is 12.0 Å². The van der Waals surface area contributed by atoms with Gasteiger partial charge in [-0.05, 0) is 29.5 Å². The van der Waals surface area contributed by atoms with Crippen LogP contribution in [0, 0.1) is 0 Å². The Morgan fingerprint density at radius 1 is 1.05 bits per heavy atom. The molecular formula is C17H14O2. The van der Waals surface area contributed by atoms with Gasteiger partial charge in [0.1, 0.15) is 0 Å². The Morgan fingerprint density at radius 3 is 2.63 bits per heavy atom. The van der Waals surface area contributed by atoms with E-state index in [4.69, 9.17) is 0 Å². The van der Waals surface area contributed by atoms with Crippen LogP contribution in [0.15, 0.2) is 48.5 Å². The first kappa shape index (κ1) is 10.9. The fraction of sp³-hybridized carbons (Fsp3) is 0.235. The fourth-order valence-electron chi connectivity index (χ4n) is 3.73. The number of Topliss-reactive ketones (excluding diaryl/α,β-unsaturated/α-hetero) is 1. The third-order valence-electron chi connectivity index (χ3n) is 4.66. The molecule has 4 rings (SSSR count). The smallest absolute Gasteiger partial charge is 0.176 e. The van der Waals surface area contributed by atoms with Crippen LogP contribution in [0.1, 0.15) is 39.6 Å². The monoisotopic (exact) mass is 250 g/mol. The minimum absolute atomic E-state index is 0.0838. The normalized spacial score (nSPS) is 27.6. The second-order valence-corrected chi connectivity index (χ2v) is 5.45. The molecule has 0 saturated heterocycles. The molecule has 0 aliphatic heterocycles. The minimum atomic E-state index is -0.736. The molecule has 0 aromatic heterocycles. The molecule has 1 spiro atoms. The van der Waals surface area contributed by atoms with Crippen molar-refractivity contribution in [1.82, 2.24) is 0 Å². The van der Waals surface area contributed by atoms with E-state index in [9.17, 15) is 9.90 Å². The van der Waals surface area contributed by atoms with Gasteiger partial charge < -0.3 is 5.11 Å². The third-order valence-corrected chi connectivity index (χ3v) is 4.66. The van der Waals surface area contributed by atoms with Gasteiger partial charge in [0.15, 0.2) is 5.78 Å². The summed E-state index contributed by atoms with van der Waals surface area (Å²) in [7, 11) is 0. The van der Waals surface area contributed by atoms with Crippen LogP contribution < -0.4 is 0 Å². The number of aliphatic hydroxyl groups is 1. The quantitative estimate of drug-likeness (QED) is 0.780. The zero-order chi connectivity index (χ0) is 13.0. The first-order valence-corrected chi connectivity index (χ1v) is 6.65. The van der Waals surface area contributed by atoms with Gasteiger partial charge in [-0.1, -0.05) is 48.5 Å². The average molecular weight is 250 g/mol. The molecule has 0 saturated carbocycles. The van der Waals surface area contributed by atoms with Crippen LogP contribution >= 0.6 is 0 Å². The number of benzene rings is 2. The standard InChI is InChI=1S/C17H14O2/c18-15-12-6-2-3-7-13(12)16(19)17(15)10-9-11-5-1-4-8-14(11)17/h1-8,15,18H,9-10H2/t15-,17-/m1/s1. The summed E-state index contributed by atoms with van der Waals surface area (Å²) in [6, 6.07) is 15.5. The summed E-state index contributed by atoms with van der Waals surface area (Å²) in [5.74, 6) is 0.0838. The van der Waals surface area contributed by atoms with Gasteiger partial charge in [0.05, 0.1) is 11.5 Å². The molecule has 2 nitrogen and oxygen atoms in total. The minimum Gasteiger partial charge on any atom is -0.387 e. The summed E-state index contributed by atoms with van der Waals surface area (Å²) in [5.41, 5.74) is 2.95. The van der Waals surface area contributed by atoms with Crippen molar-refractivity contribution in [1.29, 1.82) is 0 Å². The molecule has 2 aromatic carbocycles. The highest BCUT2D eigenvalue weighted by Gasteiger charge is 2.56. The molecule has 2 aliphatic carbocycles. The predicted octanol–water partition coefficient (Wildman–Crippen LogP) is 2.80. The number of rotatable bonds is 0. The zero-order valence-corrected chi connectivity index (χ0v) is 10.5. The topological polar surface area (TPSA) is 37.3 Å². The molecule has 94 valence electrons. The van der Waals surface area contributed by atoms with Crippen molar-refractivity contribution in [2.24, 2.45) is 0 Å². The predicted molar refractivity (Wildman–Crippen MR) is 72.2 cm³/mol. The van der Waals surface area contributed by atoms with Crippen molar-refractivity contribution in [3.8, 4) is 0 Å². The van der Waals surface area contributed by atoms with Crippen molar-refractivity contribution in [2.75, 3.05) is 0 Å². The van der Waals surface area contributed by atoms with Gasteiger partial charge in [0.25, 0.3) is 0 Å². The summed E-state index contributed by atoms with van der Waals surface area (Å²) in [5, 5.41) is 10.7. The maximum atomic E-state index is 12.8. The second kappa shape index (κ2) is 3.55. The Morgan fingerprint density at radius 2 is 1.79 bits per heavy atom. The summed E-state index contributed by atoms with van der Waals surface area (Å²) < 4.78 is 0. The number of aryl methyl sites for hydroxylation is 1. The SMILES string of the molecule is O=C1c2ccccc2[C@@H](O)[C@]12CCc1ccccc12. The summed E-state index contributed by atoms with van der Waals surface area (Å²) in [6.45, 7) is 0. The van der Waals surface area contributed by atoms with Crippen LogP contribution in [-0.4, -0.2) is 10.9 Å². The van der Waals surface area contributed by atoms with Crippen LogP contribution in [0.3, 0.4) is 0 Å². The number of fused-ring (bicyclic) bond motifs is 3. The van der Waals surface area contributed by atoms with Crippen molar-refractivity contribution in [2.45, 2.75) is 24.4 Å². The molecule has 0 radical (unpaired) electrons. The molecule has 0 amide bonds. The molecule has 2 aromatic rings. The van der Waals surface area contributed by atoms with Gasteiger partial charge in [-0.2, -0.15) is 0 Å². The van der Waals surface area contributed by atoms with Gasteiger partial charge >= 0.3 is 0 Å². The van der Waals surface area contributed by atoms with Crippen LogP contribution in [0.4, 0.5) is 0 Å². The van der Waals surface area contributed by atoms with Crippen LogP contribution in [0.25, 0.3) is 0 Å². The van der Waals surface area contributed by atoms with E-state index in [2.05, 4.69) is 6.07 Å². The Bertz CT molecular complexity index is 689. The Kier molecular flexibility index (Phi) is 2.04. The Balaban J connectivity index is 1.98. The number of aliphatic hydroxyl groups excluding tert-OH is 1. The fourth-order valence-corrected chi connectivity index (χ4v) is 3.73. The lowest BCUT2D eigenvalue weighted by Crippen LogP contribution is -2.34. The number of ketones is 1. The molecule has 0 heterocycles. The van der Waals surface area contributed by atoms with Crippen LogP contribution in [-0.2, 0) is 11.8 Å². The number of hydrogen-bond acceptors (Lipinski definition) is 2. The molecule has 2 heteroatoms. The lowest BCUT2D eigenvalue weighted by atomic mass is 9.76. The first-order chi connectivity index (χ1) is 9.25. The molecule has 1 N–H and O–H groups in total. The maximum absolute atomic E-state index is 12.8.